The Hall–Kier alpha value is -1.06. The van der Waals surface area contributed by atoms with E-state index in [9.17, 15) is 4.79 Å². The van der Waals surface area contributed by atoms with Gasteiger partial charge in [-0.3, -0.25) is 4.79 Å². The normalized spacial score (nSPS) is 14.2. The Balaban J connectivity index is 2.64. The number of rotatable bonds is 4. The molecular weight excluding hydrogens is 224 g/mol. The van der Waals surface area contributed by atoms with Gasteiger partial charge >= 0.3 is 0 Å². The largest absolute Gasteiger partial charge is 0.354 e. The first-order valence-corrected chi connectivity index (χ1v) is 5.70. The van der Waals surface area contributed by atoms with Gasteiger partial charge in [-0.2, -0.15) is 0 Å². The smallest absolute Gasteiger partial charge is 0.277 e. The molecule has 1 aromatic rings. The van der Waals surface area contributed by atoms with Crippen LogP contribution in [0.4, 0.5) is 0 Å². The summed E-state index contributed by atoms with van der Waals surface area (Å²) in [6, 6.07) is 7.66. The van der Waals surface area contributed by atoms with Crippen molar-refractivity contribution in [1.82, 2.24) is 5.32 Å². The van der Waals surface area contributed by atoms with Gasteiger partial charge in [-0.15, -0.1) is 0 Å². The van der Waals surface area contributed by atoms with E-state index in [1.54, 1.807) is 7.05 Å². The minimum atomic E-state index is -0.0658. The van der Waals surface area contributed by atoms with Crippen molar-refractivity contribution < 1.29 is 9.69 Å². The first kappa shape index (κ1) is 13.0. The van der Waals surface area contributed by atoms with Crippen molar-refractivity contribution in [2.24, 2.45) is 0 Å². The van der Waals surface area contributed by atoms with E-state index >= 15 is 0 Å². The molecule has 0 saturated carbocycles. The molecule has 0 aliphatic rings. The Bertz CT molecular complexity index is 368. The molecule has 0 spiro atoms. The Morgan fingerprint density at radius 1 is 1.56 bits per heavy atom. The molecule has 0 aliphatic carbocycles. The predicted molar refractivity (Wildman–Crippen MR) is 65.6 cm³/mol. The fourth-order valence-corrected chi connectivity index (χ4v) is 1.78. The first-order valence-electron chi connectivity index (χ1n) is 5.33. The molecule has 0 heterocycles. The van der Waals surface area contributed by atoms with Crippen LogP contribution in [0.15, 0.2) is 24.3 Å². The van der Waals surface area contributed by atoms with E-state index in [4.69, 9.17) is 11.6 Å². The molecule has 0 radical (unpaired) electrons. The number of quaternary nitrogens is 1. The van der Waals surface area contributed by atoms with E-state index in [0.29, 0.717) is 0 Å². The molecule has 3 nitrogen and oxygen atoms in total. The van der Waals surface area contributed by atoms with Crippen LogP contribution in [0.25, 0.3) is 0 Å². The van der Waals surface area contributed by atoms with Crippen molar-refractivity contribution in [3.63, 3.8) is 0 Å². The standard InChI is InChI=1S/C12H17ClN2O/c1-9(12(16)14-2)15(3)8-10-5-4-6-11(13)7-10/h4-7,9H,8H2,1-3H3,(H,14,16)/p+1/t9-/m1/s1. The second-order valence-electron chi connectivity index (χ2n) is 3.99. The summed E-state index contributed by atoms with van der Waals surface area (Å²) in [5.74, 6) is 0.0551. The van der Waals surface area contributed by atoms with Crippen LogP contribution in [0.2, 0.25) is 5.02 Å². The summed E-state index contributed by atoms with van der Waals surface area (Å²) in [5, 5.41) is 3.39. The number of hydrogen-bond acceptors (Lipinski definition) is 1. The Morgan fingerprint density at radius 3 is 2.81 bits per heavy atom. The number of carbonyl (C=O) groups excluding carboxylic acids is 1. The number of carbonyl (C=O) groups is 1. The van der Waals surface area contributed by atoms with Gasteiger partial charge in [-0.05, 0) is 19.1 Å². The van der Waals surface area contributed by atoms with Crippen LogP contribution in [-0.4, -0.2) is 26.0 Å². The number of halogens is 1. The molecule has 88 valence electrons. The Morgan fingerprint density at radius 2 is 2.25 bits per heavy atom. The average Bonchev–Trinajstić information content (AvgIpc) is 2.27. The van der Waals surface area contributed by atoms with Crippen molar-refractivity contribution in [3.05, 3.63) is 34.9 Å². The van der Waals surface area contributed by atoms with Crippen LogP contribution >= 0.6 is 11.6 Å². The summed E-state index contributed by atoms with van der Waals surface area (Å²) in [7, 11) is 3.66. The molecule has 1 unspecified atom stereocenters. The number of benzene rings is 1. The minimum Gasteiger partial charge on any atom is -0.354 e. The lowest BCUT2D eigenvalue weighted by atomic mass is 10.2. The number of amides is 1. The van der Waals surface area contributed by atoms with Crippen LogP contribution < -0.4 is 10.2 Å². The molecule has 0 fully saturated rings. The highest BCUT2D eigenvalue weighted by molar-refractivity contribution is 6.30. The SMILES string of the molecule is CNC(=O)[C@@H](C)[NH+](C)Cc1cccc(Cl)c1. The molecule has 0 bridgehead atoms. The maximum atomic E-state index is 11.5. The molecular formula is C12H18ClN2O+. The third kappa shape index (κ3) is 3.51. The zero-order chi connectivity index (χ0) is 12.1. The lowest BCUT2D eigenvalue weighted by Gasteiger charge is -2.20. The average molecular weight is 242 g/mol. The quantitative estimate of drug-likeness (QED) is 0.791. The van der Waals surface area contributed by atoms with E-state index in [0.717, 1.165) is 22.0 Å². The van der Waals surface area contributed by atoms with Crippen LogP contribution in [0.3, 0.4) is 0 Å². The van der Waals surface area contributed by atoms with Gasteiger partial charge < -0.3 is 10.2 Å². The van der Waals surface area contributed by atoms with Gasteiger partial charge in [0, 0.05) is 17.6 Å². The van der Waals surface area contributed by atoms with Gasteiger partial charge in [-0.25, -0.2) is 0 Å². The maximum absolute atomic E-state index is 11.5. The van der Waals surface area contributed by atoms with Gasteiger partial charge in [0.15, 0.2) is 6.04 Å². The van der Waals surface area contributed by atoms with Crippen LogP contribution in [0, 0.1) is 0 Å². The van der Waals surface area contributed by atoms with Crippen molar-refractivity contribution in [2.45, 2.75) is 19.5 Å². The lowest BCUT2D eigenvalue weighted by Crippen LogP contribution is -3.12. The van der Waals surface area contributed by atoms with E-state index in [2.05, 4.69) is 5.32 Å². The molecule has 2 N–H and O–H groups in total. The maximum Gasteiger partial charge on any atom is 0.277 e. The molecule has 4 heteroatoms. The Labute approximate surface area is 101 Å². The van der Waals surface area contributed by atoms with Crippen LogP contribution in [0.1, 0.15) is 12.5 Å². The molecule has 0 aromatic heterocycles. The topological polar surface area (TPSA) is 33.5 Å². The van der Waals surface area contributed by atoms with Crippen molar-refractivity contribution >= 4 is 17.5 Å². The summed E-state index contributed by atoms with van der Waals surface area (Å²) in [6.07, 6.45) is 0. The molecule has 1 rings (SSSR count). The molecule has 16 heavy (non-hydrogen) atoms. The molecule has 2 atom stereocenters. The van der Waals surface area contributed by atoms with E-state index < -0.39 is 0 Å². The fourth-order valence-electron chi connectivity index (χ4n) is 1.56. The zero-order valence-corrected chi connectivity index (χ0v) is 10.6. The summed E-state index contributed by atoms with van der Waals surface area (Å²) < 4.78 is 0. The van der Waals surface area contributed by atoms with Gasteiger partial charge in [0.25, 0.3) is 5.91 Å². The summed E-state index contributed by atoms with van der Waals surface area (Å²) in [4.78, 5) is 12.6. The fraction of sp³-hybridized carbons (Fsp3) is 0.417. The summed E-state index contributed by atoms with van der Waals surface area (Å²) in [5.41, 5.74) is 1.14. The molecule has 1 amide bonds. The van der Waals surface area contributed by atoms with E-state index in [-0.39, 0.29) is 11.9 Å². The predicted octanol–water partition coefficient (Wildman–Crippen LogP) is 0.489. The second kappa shape index (κ2) is 5.87. The number of hydrogen-bond donors (Lipinski definition) is 2. The van der Waals surface area contributed by atoms with Crippen molar-refractivity contribution in [2.75, 3.05) is 14.1 Å². The molecule has 1 aromatic carbocycles. The van der Waals surface area contributed by atoms with Crippen LogP contribution in [-0.2, 0) is 11.3 Å². The van der Waals surface area contributed by atoms with E-state index in [1.165, 1.54) is 0 Å². The van der Waals surface area contributed by atoms with Crippen molar-refractivity contribution in [3.8, 4) is 0 Å². The van der Waals surface area contributed by atoms with E-state index in [1.807, 2.05) is 38.2 Å². The third-order valence-corrected chi connectivity index (χ3v) is 2.99. The summed E-state index contributed by atoms with van der Waals surface area (Å²) in [6.45, 7) is 2.70. The highest BCUT2D eigenvalue weighted by atomic mass is 35.5. The number of nitrogens with one attached hydrogen (secondary N) is 2. The highest BCUT2D eigenvalue weighted by Gasteiger charge is 2.20. The third-order valence-electron chi connectivity index (χ3n) is 2.75. The van der Waals surface area contributed by atoms with Gasteiger partial charge in [0.2, 0.25) is 0 Å². The van der Waals surface area contributed by atoms with Gasteiger partial charge in [-0.1, -0.05) is 23.7 Å². The monoisotopic (exact) mass is 241 g/mol. The minimum absolute atomic E-state index is 0.0551. The molecule has 0 saturated heterocycles. The van der Waals surface area contributed by atoms with Gasteiger partial charge in [0.05, 0.1) is 7.05 Å². The number of likely N-dealkylation sites (N-methyl/N-ethyl adjacent to an activating group) is 2. The van der Waals surface area contributed by atoms with Crippen molar-refractivity contribution in [1.29, 1.82) is 0 Å². The van der Waals surface area contributed by atoms with Crippen LogP contribution in [0.5, 0.6) is 0 Å². The zero-order valence-electron chi connectivity index (χ0n) is 9.88. The molecule has 0 aliphatic heterocycles. The van der Waals surface area contributed by atoms with Gasteiger partial charge in [0.1, 0.15) is 6.54 Å². The highest BCUT2D eigenvalue weighted by Crippen LogP contribution is 2.09. The first-order chi connectivity index (χ1) is 7.54. The summed E-state index contributed by atoms with van der Waals surface area (Å²) >= 11 is 5.91. The second-order valence-corrected chi connectivity index (χ2v) is 4.43. The Kier molecular flexibility index (Phi) is 4.77. The lowest BCUT2D eigenvalue weighted by molar-refractivity contribution is -0.908.